The Hall–Kier alpha value is -2.61. The minimum atomic E-state index is -0.785. The number of hydrogen-bond donors (Lipinski definition) is 2. The largest absolute Gasteiger partial charge is 0.490 e. The van der Waals surface area contributed by atoms with E-state index < -0.39 is 11.8 Å². The molecule has 0 aliphatic carbocycles. The number of hydrogen-bond acceptors (Lipinski definition) is 6. The van der Waals surface area contributed by atoms with Crippen LogP contribution < -0.4 is 20.1 Å². The van der Waals surface area contributed by atoms with Gasteiger partial charge in [0.15, 0.2) is 16.6 Å². The molecule has 0 aliphatic heterocycles. The highest BCUT2D eigenvalue weighted by atomic mass is 32.1. The van der Waals surface area contributed by atoms with Gasteiger partial charge in [0.25, 0.3) is 0 Å². The Labute approximate surface area is 137 Å². The van der Waals surface area contributed by atoms with E-state index in [9.17, 15) is 9.59 Å². The van der Waals surface area contributed by atoms with Crippen LogP contribution in [0, 0.1) is 0 Å². The summed E-state index contributed by atoms with van der Waals surface area (Å²) in [6.45, 7) is 4.68. The van der Waals surface area contributed by atoms with Crippen molar-refractivity contribution < 1.29 is 19.1 Å². The van der Waals surface area contributed by atoms with E-state index >= 15 is 0 Å². The van der Waals surface area contributed by atoms with Gasteiger partial charge in [-0.3, -0.25) is 14.9 Å². The molecule has 0 fully saturated rings. The molecule has 0 saturated heterocycles. The van der Waals surface area contributed by atoms with Crippen molar-refractivity contribution in [2.75, 3.05) is 23.8 Å². The zero-order valence-corrected chi connectivity index (χ0v) is 13.6. The monoisotopic (exact) mass is 335 g/mol. The molecule has 0 spiro atoms. The smallest absolute Gasteiger partial charge is 0.315 e. The first kappa shape index (κ1) is 16.8. The number of rotatable bonds is 6. The molecule has 1 aromatic heterocycles. The molecule has 0 atom stereocenters. The SMILES string of the molecule is CCOc1ccc(NC(=O)C(=O)Nc2nccs2)cc1OCC. The average molecular weight is 335 g/mol. The van der Waals surface area contributed by atoms with Gasteiger partial charge in [-0.25, -0.2) is 4.98 Å². The summed E-state index contributed by atoms with van der Waals surface area (Å²) in [7, 11) is 0. The lowest BCUT2D eigenvalue weighted by Gasteiger charge is -2.12. The van der Waals surface area contributed by atoms with Crippen molar-refractivity contribution in [2.24, 2.45) is 0 Å². The zero-order valence-electron chi connectivity index (χ0n) is 12.8. The van der Waals surface area contributed by atoms with Crippen molar-refractivity contribution >= 4 is 34.0 Å². The molecule has 23 heavy (non-hydrogen) atoms. The number of anilines is 2. The quantitative estimate of drug-likeness (QED) is 0.792. The zero-order chi connectivity index (χ0) is 16.7. The molecule has 2 amide bonds. The second kappa shape index (κ2) is 8.14. The third-order valence-electron chi connectivity index (χ3n) is 2.66. The van der Waals surface area contributed by atoms with E-state index in [1.54, 1.807) is 29.8 Å². The number of benzene rings is 1. The molecule has 2 rings (SSSR count). The molecular weight excluding hydrogens is 318 g/mol. The number of nitrogens with one attached hydrogen (secondary N) is 2. The molecule has 2 aromatic rings. The summed E-state index contributed by atoms with van der Waals surface area (Å²) in [6, 6.07) is 4.94. The molecule has 122 valence electrons. The van der Waals surface area contributed by atoms with Crippen molar-refractivity contribution in [2.45, 2.75) is 13.8 Å². The maximum atomic E-state index is 11.9. The summed E-state index contributed by atoms with van der Waals surface area (Å²) >= 11 is 1.23. The summed E-state index contributed by atoms with van der Waals surface area (Å²) in [5.74, 6) is -0.481. The van der Waals surface area contributed by atoms with Crippen LogP contribution in [-0.4, -0.2) is 30.0 Å². The van der Waals surface area contributed by atoms with Gasteiger partial charge in [0.2, 0.25) is 0 Å². The van der Waals surface area contributed by atoms with Crippen molar-refractivity contribution in [1.29, 1.82) is 0 Å². The number of carbonyl (C=O) groups is 2. The van der Waals surface area contributed by atoms with Gasteiger partial charge < -0.3 is 14.8 Å². The molecule has 1 aromatic carbocycles. The molecule has 0 unspecified atom stereocenters. The van der Waals surface area contributed by atoms with E-state index in [0.717, 1.165) is 0 Å². The Kier molecular flexibility index (Phi) is 5.93. The van der Waals surface area contributed by atoms with Crippen LogP contribution in [0.1, 0.15) is 13.8 Å². The van der Waals surface area contributed by atoms with Gasteiger partial charge in [-0.1, -0.05) is 0 Å². The third-order valence-corrected chi connectivity index (χ3v) is 3.35. The first-order valence-corrected chi connectivity index (χ1v) is 7.93. The fraction of sp³-hybridized carbons (Fsp3) is 0.267. The summed E-state index contributed by atoms with van der Waals surface area (Å²) in [6.07, 6.45) is 1.54. The molecule has 2 N–H and O–H groups in total. The maximum absolute atomic E-state index is 11.9. The highest BCUT2D eigenvalue weighted by Crippen LogP contribution is 2.30. The minimum Gasteiger partial charge on any atom is -0.490 e. The first-order valence-electron chi connectivity index (χ1n) is 7.05. The average Bonchev–Trinajstić information content (AvgIpc) is 3.03. The lowest BCUT2D eigenvalue weighted by atomic mass is 10.2. The number of ether oxygens (including phenoxy) is 2. The molecule has 0 radical (unpaired) electrons. The Balaban J connectivity index is 2.05. The van der Waals surface area contributed by atoms with Crippen molar-refractivity contribution in [1.82, 2.24) is 4.98 Å². The minimum absolute atomic E-state index is 0.367. The fourth-order valence-electron chi connectivity index (χ4n) is 1.76. The van der Waals surface area contributed by atoms with Gasteiger partial charge in [-0.05, 0) is 26.0 Å². The molecule has 7 nitrogen and oxygen atoms in total. The van der Waals surface area contributed by atoms with E-state index in [4.69, 9.17) is 9.47 Å². The first-order chi connectivity index (χ1) is 11.1. The second-order valence-corrected chi connectivity index (χ2v) is 5.17. The number of carbonyl (C=O) groups excluding carboxylic acids is 2. The van der Waals surface area contributed by atoms with Crippen LogP contribution in [0.5, 0.6) is 11.5 Å². The molecule has 1 heterocycles. The van der Waals surface area contributed by atoms with Crippen molar-refractivity contribution in [3.63, 3.8) is 0 Å². The maximum Gasteiger partial charge on any atom is 0.315 e. The summed E-state index contributed by atoms with van der Waals surface area (Å²) in [5, 5.41) is 7.00. The number of nitrogens with zero attached hydrogens (tertiary/aromatic N) is 1. The van der Waals surface area contributed by atoms with Crippen LogP contribution in [0.2, 0.25) is 0 Å². The molecule has 0 aliphatic rings. The Morgan fingerprint density at radius 1 is 1.09 bits per heavy atom. The van der Waals surface area contributed by atoms with E-state index in [0.29, 0.717) is 35.5 Å². The van der Waals surface area contributed by atoms with Gasteiger partial charge in [0.05, 0.1) is 13.2 Å². The Morgan fingerprint density at radius 2 is 1.78 bits per heavy atom. The highest BCUT2D eigenvalue weighted by Gasteiger charge is 2.16. The van der Waals surface area contributed by atoms with Crippen LogP contribution >= 0.6 is 11.3 Å². The van der Waals surface area contributed by atoms with Gasteiger partial charge in [-0.15, -0.1) is 11.3 Å². The second-order valence-electron chi connectivity index (χ2n) is 4.27. The van der Waals surface area contributed by atoms with Crippen LogP contribution in [0.25, 0.3) is 0 Å². The van der Waals surface area contributed by atoms with Crippen LogP contribution in [-0.2, 0) is 9.59 Å². The van der Waals surface area contributed by atoms with Crippen LogP contribution in [0.4, 0.5) is 10.8 Å². The number of aromatic nitrogens is 1. The molecule has 0 saturated carbocycles. The summed E-state index contributed by atoms with van der Waals surface area (Å²) in [5.41, 5.74) is 0.441. The predicted molar refractivity (Wildman–Crippen MR) is 88.2 cm³/mol. The Morgan fingerprint density at radius 3 is 2.43 bits per heavy atom. The fourth-order valence-corrected chi connectivity index (χ4v) is 2.28. The Bertz CT molecular complexity index is 673. The van der Waals surface area contributed by atoms with E-state index in [1.807, 2.05) is 13.8 Å². The molecular formula is C15H17N3O4S. The normalized spacial score (nSPS) is 10.0. The lowest BCUT2D eigenvalue weighted by Crippen LogP contribution is -2.29. The van der Waals surface area contributed by atoms with Gasteiger partial charge >= 0.3 is 11.8 Å². The third kappa shape index (κ3) is 4.68. The standard InChI is InChI=1S/C15H17N3O4S/c1-3-21-11-6-5-10(9-12(11)22-4-2)17-13(19)14(20)18-15-16-7-8-23-15/h5-9H,3-4H2,1-2H3,(H,17,19)(H,16,18,20). The topological polar surface area (TPSA) is 89.5 Å². The van der Waals surface area contributed by atoms with Crippen molar-refractivity contribution in [3.8, 4) is 11.5 Å². The predicted octanol–water partition coefficient (Wildman–Crippen LogP) is 2.52. The van der Waals surface area contributed by atoms with Gasteiger partial charge in [0.1, 0.15) is 0 Å². The summed E-state index contributed by atoms with van der Waals surface area (Å²) in [4.78, 5) is 27.6. The number of amides is 2. The number of thiazole rings is 1. The van der Waals surface area contributed by atoms with Gasteiger partial charge in [-0.2, -0.15) is 0 Å². The van der Waals surface area contributed by atoms with Crippen LogP contribution in [0.15, 0.2) is 29.8 Å². The highest BCUT2D eigenvalue weighted by molar-refractivity contribution is 7.13. The van der Waals surface area contributed by atoms with Crippen LogP contribution in [0.3, 0.4) is 0 Å². The van der Waals surface area contributed by atoms with E-state index in [2.05, 4.69) is 15.6 Å². The molecule has 0 bridgehead atoms. The van der Waals surface area contributed by atoms with E-state index in [1.165, 1.54) is 11.3 Å². The van der Waals surface area contributed by atoms with Crippen molar-refractivity contribution in [3.05, 3.63) is 29.8 Å². The lowest BCUT2D eigenvalue weighted by molar-refractivity contribution is -0.133. The summed E-state index contributed by atoms with van der Waals surface area (Å²) < 4.78 is 10.9. The molecule has 8 heteroatoms. The van der Waals surface area contributed by atoms with E-state index in [-0.39, 0.29) is 0 Å². The van der Waals surface area contributed by atoms with Gasteiger partial charge in [0, 0.05) is 23.3 Å².